The van der Waals surface area contributed by atoms with Crippen LogP contribution in [0.1, 0.15) is 38.2 Å². The van der Waals surface area contributed by atoms with Gasteiger partial charge in [0.2, 0.25) is 21.8 Å². The predicted octanol–water partition coefficient (Wildman–Crippen LogP) is 3.11. The maximum absolute atomic E-state index is 14.4. The van der Waals surface area contributed by atoms with Gasteiger partial charge in [-0.15, -0.1) is 0 Å². The number of hydrogen-bond acceptors (Lipinski definition) is 4. The van der Waals surface area contributed by atoms with E-state index in [0.717, 1.165) is 47.9 Å². The van der Waals surface area contributed by atoms with E-state index in [1.54, 1.807) is 6.92 Å². The van der Waals surface area contributed by atoms with E-state index in [-0.39, 0.29) is 24.2 Å². The lowest BCUT2D eigenvalue weighted by molar-refractivity contribution is -0.139. The highest BCUT2D eigenvalue weighted by Gasteiger charge is 2.31. The molecule has 0 saturated heterocycles. The monoisotopic (exact) mass is 489 g/mol. The Morgan fingerprint density at radius 1 is 1.06 bits per heavy atom. The number of halogens is 1. The summed E-state index contributed by atoms with van der Waals surface area (Å²) in [6.45, 7) is 1.26. The lowest BCUT2D eigenvalue weighted by Gasteiger charge is -2.32. The van der Waals surface area contributed by atoms with E-state index in [1.807, 2.05) is 30.3 Å². The quantitative estimate of drug-likeness (QED) is 0.556. The third-order valence-corrected chi connectivity index (χ3v) is 7.28. The van der Waals surface area contributed by atoms with Gasteiger partial charge in [-0.1, -0.05) is 55.3 Å². The van der Waals surface area contributed by atoms with Gasteiger partial charge in [0.1, 0.15) is 18.4 Å². The Labute approximate surface area is 201 Å². The number of anilines is 1. The summed E-state index contributed by atoms with van der Waals surface area (Å²) in [6, 6.07) is 14.2. The molecule has 1 saturated carbocycles. The zero-order chi connectivity index (χ0) is 24.7. The summed E-state index contributed by atoms with van der Waals surface area (Å²) in [5.41, 5.74) is 0.780. The molecule has 1 aliphatic rings. The summed E-state index contributed by atoms with van der Waals surface area (Å²) in [6.07, 6.45) is 5.35. The van der Waals surface area contributed by atoms with Gasteiger partial charge in [0.15, 0.2) is 0 Å². The van der Waals surface area contributed by atoms with Crippen molar-refractivity contribution in [3.8, 4) is 0 Å². The average Bonchev–Trinajstić information content (AvgIpc) is 3.31. The van der Waals surface area contributed by atoms with Crippen LogP contribution < -0.4 is 9.62 Å². The third kappa shape index (κ3) is 6.79. The highest BCUT2D eigenvalue weighted by Crippen LogP contribution is 2.22. The molecule has 0 radical (unpaired) electrons. The number of carbonyl (C=O) groups is 2. The second-order valence-electron chi connectivity index (χ2n) is 8.71. The molecule has 0 bridgehead atoms. The predicted molar refractivity (Wildman–Crippen MR) is 130 cm³/mol. The molecule has 1 aliphatic carbocycles. The van der Waals surface area contributed by atoms with E-state index in [4.69, 9.17) is 0 Å². The fraction of sp³-hybridized carbons (Fsp3) is 0.440. The standard InChI is InChI=1S/C25H32FN3O4S/c1-19(25(31)27-21-12-6-7-13-21)28(17-16-20-10-4-3-5-11-20)24(30)18-29(34(2,32)33)23-15-9-8-14-22(23)26/h3-5,8-11,14-15,19,21H,6-7,12-13,16-18H2,1-2H3,(H,27,31)/t19-/m1/s1. The van der Waals surface area contributed by atoms with Crippen LogP contribution in [0, 0.1) is 5.82 Å². The van der Waals surface area contributed by atoms with Crippen molar-refractivity contribution in [3.63, 3.8) is 0 Å². The van der Waals surface area contributed by atoms with E-state index in [2.05, 4.69) is 5.32 Å². The second kappa shape index (κ2) is 11.5. The van der Waals surface area contributed by atoms with Gasteiger partial charge in [-0.25, -0.2) is 12.8 Å². The summed E-state index contributed by atoms with van der Waals surface area (Å²) in [5.74, 6) is -1.59. The van der Waals surface area contributed by atoms with Gasteiger partial charge in [-0.3, -0.25) is 13.9 Å². The average molecular weight is 490 g/mol. The van der Waals surface area contributed by atoms with Crippen LogP contribution in [0.3, 0.4) is 0 Å². The first-order valence-corrected chi connectivity index (χ1v) is 13.4. The van der Waals surface area contributed by atoms with Gasteiger partial charge < -0.3 is 10.2 Å². The Balaban J connectivity index is 1.82. The lowest BCUT2D eigenvalue weighted by Crippen LogP contribution is -2.53. The lowest BCUT2D eigenvalue weighted by atomic mass is 10.1. The van der Waals surface area contributed by atoms with Crippen molar-refractivity contribution in [1.82, 2.24) is 10.2 Å². The number of hydrogen-bond donors (Lipinski definition) is 1. The zero-order valence-corrected chi connectivity index (χ0v) is 20.4. The molecular weight excluding hydrogens is 457 g/mol. The van der Waals surface area contributed by atoms with Crippen LogP contribution in [0.2, 0.25) is 0 Å². The summed E-state index contributed by atoms with van der Waals surface area (Å²) in [5, 5.41) is 3.01. The zero-order valence-electron chi connectivity index (χ0n) is 19.6. The number of para-hydroxylation sites is 1. The molecule has 0 aliphatic heterocycles. The normalized spacial score (nSPS) is 15.0. The Morgan fingerprint density at radius 2 is 1.68 bits per heavy atom. The Morgan fingerprint density at radius 3 is 2.29 bits per heavy atom. The summed E-state index contributed by atoms with van der Waals surface area (Å²) in [4.78, 5) is 27.8. The van der Waals surface area contributed by atoms with E-state index < -0.39 is 34.3 Å². The molecule has 9 heteroatoms. The van der Waals surface area contributed by atoms with Crippen LogP contribution in [0.25, 0.3) is 0 Å². The number of nitrogens with one attached hydrogen (secondary N) is 1. The van der Waals surface area contributed by atoms with Gasteiger partial charge in [-0.2, -0.15) is 0 Å². The molecule has 0 spiro atoms. The number of nitrogens with zero attached hydrogens (tertiary/aromatic N) is 2. The van der Waals surface area contributed by atoms with E-state index in [9.17, 15) is 22.4 Å². The highest BCUT2D eigenvalue weighted by molar-refractivity contribution is 7.92. The molecular formula is C25H32FN3O4S. The molecule has 184 valence electrons. The first-order valence-electron chi connectivity index (χ1n) is 11.5. The van der Waals surface area contributed by atoms with Crippen molar-refractivity contribution in [3.05, 3.63) is 66.0 Å². The Kier molecular flexibility index (Phi) is 8.66. The number of carbonyl (C=O) groups excluding carboxylic acids is 2. The first kappa shape index (κ1) is 25.7. The minimum absolute atomic E-state index is 0.0898. The largest absolute Gasteiger partial charge is 0.352 e. The molecule has 1 fully saturated rings. The van der Waals surface area contributed by atoms with E-state index >= 15 is 0 Å². The molecule has 0 heterocycles. The molecule has 3 rings (SSSR count). The molecule has 1 atom stereocenters. The molecule has 1 N–H and O–H groups in total. The van der Waals surface area contributed by atoms with Crippen molar-refractivity contribution in [2.75, 3.05) is 23.7 Å². The van der Waals surface area contributed by atoms with Gasteiger partial charge in [0, 0.05) is 12.6 Å². The third-order valence-electron chi connectivity index (χ3n) is 6.15. The van der Waals surface area contributed by atoms with Crippen LogP contribution in [0.5, 0.6) is 0 Å². The maximum Gasteiger partial charge on any atom is 0.244 e. The topological polar surface area (TPSA) is 86.8 Å². The van der Waals surface area contributed by atoms with E-state index in [1.165, 1.54) is 23.1 Å². The number of rotatable bonds is 10. The van der Waals surface area contributed by atoms with Gasteiger partial charge >= 0.3 is 0 Å². The second-order valence-corrected chi connectivity index (χ2v) is 10.6. The number of benzene rings is 2. The fourth-order valence-corrected chi connectivity index (χ4v) is 5.06. The van der Waals surface area contributed by atoms with E-state index in [0.29, 0.717) is 6.42 Å². The van der Waals surface area contributed by atoms with Crippen molar-refractivity contribution >= 4 is 27.5 Å². The molecule has 0 unspecified atom stereocenters. The smallest absolute Gasteiger partial charge is 0.244 e. The number of sulfonamides is 1. The van der Waals surface area contributed by atoms with Crippen molar-refractivity contribution in [2.24, 2.45) is 0 Å². The molecule has 7 nitrogen and oxygen atoms in total. The van der Waals surface area contributed by atoms with Crippen molar-refractivity contribution in [1.29, 1.82) is 0 Å². The first-order chi connectivity index (χ1) is 16.2. The van der Waals surface area contributed by atoms with Gasteiger partial charge in [0.05, 0.1) is 11.9 Å². The highest BCUT2D eigenvalue weighted by atomic mass is 32.2. The van der Waals surface area contributed by atoms with Gasteiger partial charge in [0.25, 0.3) is 0 Å². The fourth-order valence-electron chi connectivity index (χ4n) is 4.21. The van der Waals surface area contributed by atoms with Crippen LogP contribution in [0.4, 0.5) is 10.1 Å². The number of amides is 2. The Bertz CT molecular complexity index is 1090. The van der Waals surface area contributed by atoms with Crippen molar-refractivity contribution in [2.45, 2.75) is 51.1 Å². The molecule has 0 aromatic heterocycles. The summed E-state index contributed by atoms with van der Waals surface area (Å²) in [7, 11) is -3.96. The minimum Gasteiger partial charge on any atom is -0.352 e. The summed E-state index contributed by atoms with van der Waals surface area (Å²) >= 11 is 0. The SMILES string of the molecule is C[C@H](C(=O)NC1CCCC1)N(CCc1ccccc1)C(=O)CN(c1ccccc1F)S(C)(=O)=O. The van der Waals surface area contributed by atoms with Crippen LogP contribution >= 0.6 is 0 Å². The van der Waals surface area contributed by atoms with Crippen LogP contribution in [-0.4, -0.2) is 56.6 Å². The van der Waals surface area contributed by atoms with Crippen LogP contribution in [0.15, 0.2) is 54.6 Å². The summed E-state index contributed by atoms with van der Waals surface area (Å²) < 4.78 is 40.1. The van der Waals surface area contributed by atoms with Gasteiger partial charge in [-0.05, 0) is 43.9 Å². The van der Waals surface area contributed by atoms with Crippen molar-refractivity contribution < 1.29 is 22.4 Å². The minimum atomic E-state index is -3.96. The maximum atomic E-state index is 14.4. The molecule has 2 amide bonds. The van der Waals surface area contributed by atoms with Crippen LogP contribution in [-0.2, 0) is 26.0 Å². The molecule has 2 aromatic rings. The molecule has 34 heavy (non-hydrogen) atoms. The Hall–Kier alpha value is -2.94. The molecule has 2 aromatic carbocycles.